The van der Waals surface area contributed by atoms with Crippen LogP contribution in [0.2, 0.25) is 0 Å². The summed E-state index contributed by atoms with van der Waals surface area (Å²) in [5.41, 5.74) is 16.7. The van der Waals surface area contributed by atoms with E-state index in [9.17, 15) is 0 Å². The maximum Gasteiger partial charge on any atom is 0.252 e. The van der Waals surface area contributed by atoms with Crippen LogP contribution < -0.4 is 16.4 Å². The van der Waals surface area contributed by atoms with Gasteiger partial charge in [-0.25, -0.2) is 0 Å². The number of nitrogens with zero attached hydrogens (tertiary/aromatic N) is 2. The van der Waals surface area contributed by atoms with E-state index < -0.39 is 0 Å². The molecular formula is C70H39BN2. The highest BCUT2D eigenvalue weighted by molar-refractivity contribution is 7.00. The van der Waals surface area contributed by atoms with E-state index in [1.165, 1.54) is 169 Å². The fraction of sp³-hybridized carbons (Fsp3) is 0. The zero-order chi connectivity index (χ0) is 47.2. The molecule has 3 heteroatoms. The SMILES string of the molecule is c1cc2c3c(c1)-n1c4ccc(-c5cc6ccccc6c6ccccc56)cc4c4c5c6ccccc6c6ccccc6c5cc(c41)B3c1cccc3c4cc(-c5cc6ccccc6c6ccccc56)ccc4n-2c13. The Morgan fingerprint density at radius 2 is 0.712 bits per heavy atom. The quantitative estimate of drug-likeness (QED) is 0.121. The monoisotopic (exact) mass is 918 g/mol. The van der Waals surface area contributed by atoms with Crippen LogP contribution in [0.25, 0.3) is 153 Å². The minimum atomic E-state index is 0.00783. The zero-order valence-electron chi connectivity index (χ0n) is 39.5. The van der Waals surface area contributed by atoms with Crippen molar-refractivity contribution >= 4 is 142 Å². The molecule has 0 aliphatic carbocycles. The van der Waals surface area contributed by atoms with Crippen molar-refractivity contribution in [2.24, 2.45) is 0 Å². The van der Waals surface area contributed by atoms with Crippen molar-refractivity contribution in [2.75, 3.05) is 0 Å². The third kappa shape index (κ3) is 4.80. The molecule has 0 atom stereocenters. The molecular weight excluding hydrogens is 880 g/mol. The van der Waals surface area contributed by atoms with E-state index in [2.05, 4.69) is 246 Å². The van der Waals surface area contributed by atoms with Crippen LogP contribution in [0, 0.1) is 0 Å². The highest BCUT2D eigenvalue weighted by atomic mass is 15.0. The topological polar surface area (TPSA) is 9.86 Å². The predicted octanol–water partition coefficient (Wildman–Crippen LogP) is 16.4. The van der Waals surface area contributed by atoms with Crippen LogP contribution in [-0.4, -0.2) is 15.8 Å². The van der Waals surface area contributed by atoms with Gasteiger partial charge in [-0.05, 0) is 157 Å². The Bertz CT molecular complexity index is 5230. The fourth-order valence-corrected chi connectivity index (χ4v) is 14.3. The molecule has 2 aliphatic heterocycles. The van der Waals surface area contributed by atoms with Gasteiger partial charge >= 0.3 is 0 Å². The molecule has 4 heterocycles. The predicted molar refractivity (Wildman–Crippen MR) is 313 cm³/mol. The molecule has 0 fully saturated rings. The van der Waals surface area contributed by atoms with Crippen molar-refractivity contribution in [1.29, 1.82) is 0 Å². The van der Waals surface area contributed by atoms with Gasteiger partial charge < -0.3 is 9.13 Å². The average Bonchev–Trinajstić information content (AvgIpc) is 3.98. The third-order valence-electron chi connectivity index (χ3n) is 17.2. The van der Waals surface area contributed by atoms with Crippen LogP contribution in [0.1, 0.15) is 0 Å². The van der Waals surface area contributed by atoms with Gasteiger partial charge in [0.25, 0.3) is 6.71 Å². The van der Waals surface area contributed by atoms with Crippen molar-refractivity contribution in [1.82, 2.24) is 9.13 Å². The van der Waals surface area contributed by atoms with Crippen LogP contribution in [-0.2, 0) is 0 Å². The lowest BCUT2D eigenvalue weighted by atomic mass is 9.34. The molecule has 332 valence electrons. The lowest BCUT2D eigenvalue weighted by molar-refractivity contribution is 1.14. The molecule has 2 aromatic heterocycles. The number of benzene rings is 14. The summed E-state index contributed by atoms with van der Waals surface area (Å²) in [6, 6.07) is 89.8. The van der Waals surface area contributed by atoms with Gasteiger partial charge in [0.15, 0.2) is 0 Å². The Balaban J connectivity index is 0.969. The summed E-state index contributed by atoms with van der Waals surface area (Å²) in [5.74, 6) is 0. The van der Waals surface area contributed by atoms with Crippen LogP contribution in [0.15, 0.2) is 237 Å². The van der Waals surface area contributed by atoms with Crippen molar-refractivity contribution in [3.05, 3.63) is 237 Å². The van der Waals surface area contributed by atoms with E-state index in [1.807, 2.05) is 0 Å². The van der Waals surface area contributed by atoms with E-state index in [0.717, 1.165) is 0 Å². The van der Waals surface area contributed by atoms with Gasteiger partial charge in [0.1, 0.15) is 0 Å². The highest BCUT2D eigenvalue weighted by Gasteiger charge is 2.41. The van der Waals surface area contributed by atoms with Crippen molar-refractivity contribution < 1.29 is 0 Å². The summed E-state index contributed by atoms with van der Waals surface area (Å²) in [6.45, 7) is 0.00783. The van der Waals surface area contributed by atoms with Crippen molar-refractivity contribution in [3.63, 3.8) is 0 Å². The number of aromatic nitrogens is 2. The number of rotatable bonds is 2. The molecule has 0 saturated heterocycles. The Morgan fingerprint density at radius 1 is 0.260 bits per heavy atom. The molecule has 73 heavy (non-hydrogen) atoms. The number of hydrogen-bond donors (Lipinski definition) is 0. The largest absolute Gasteiger partial charge is 0.310 e. The van der Waals surface area contributed by atoms with Gasteiger partial charge in [-0.15, -0.1) is 0 Å². The first-order valence-corrected chi connectivity index (χ1v) is 25.6. The van der Waals surface area contributed by atoms with Gasteiger partial charge in [0, 0.05) is 43.8 Å². The summed E-state index contributed by atoms with van der Waals surface area (Å²) in [7, 11) is 0. The third-order valence-corrected chi connectivity index (χ3v) is 17.2. The summed E-state index contributed by atoms with van der Waals surface area (Å²) in [6.07, 6.45) is 0. The summed E-state index contributed by atoms with van der Waals surface area (Å²) in [5, 5.41) is 23.2. The van der Waals surface area contributed by atoms with E-state index in [1.54, 1.807) is 0 Å². The lowest BCUT2D eigenvalue weighted by Crippen LogP contribution is -2.59. The molecule has 2 aliphatic rings. The summed E-state index contributed by atoms with van der Waals surface area (Å²) >= 11 is 0. The maximum atomic E-state index is 2.64. The molecule has 16 aromatic rings. The van der Waals surface area contributed by atoms with Crippen LogP contribution in [0.4, 0.5) is 0 Å². The molecule has 0 amide bonds. The second kappa shape index (κ2) is 13.7. The van der Waals surface area contributed by atoms with Gasteiger partial charge in [-0.2, -0.15) is 0 Å². The van der Waals surface area contributed by atoms with Crippen LogP contribution in [0.3, 0.4) is 0 Å². The lowest BCUT2D eigenvalue weighted by Gasteiger charge is -2.34. The van der Waals surface area contributed by atoms with E-state index in [-0.39, 0.29) is 6.71 Å². The normalized spacial score (nSPS) is 12.9. The fourth-order valence-electron chi connectivity index (χ4n) is 14.3. The van der Waals surface area contributed by atoms with Gasteiger partial charge in [0.2, 0.25) is 0 Å². The van der Waals surface area contributed by atoms with E-state index >= 15 is 0 Å². The zero-order valence-corrected chi connectivity index (χ0v) is 39.5. The first-order valence-electron chi connectivity index (χ1n) is 25.6. The first kappa shape index (κ1) is 38.3. The minimum Gasteiger partial charge on any atom is -0.310 e. The molecule has 14 aromatic carbocycles. The molecule has 2 nitrogen and oxygen atoms in total. The summed E-state index contributed by atoms with van der Waals surface area (Å²) < 4.78 is 5.24. The van der Waals surface area contributed by atoms with Crippen LogP contribution in [0.5, 0.6) is 0 Å². The second-order valence-corrected chi connectivity index (χ2v) is 20.6. The second-order valence-electron chi connectivity index (χ2n) is 20.6. The number of para-hydroxylation sites is 1. The number of fused-ring (bicyclic) bond motifs is 23. The molecule has 0 N–H and O–H groups in total. The highest BCUT2D eigenvalue weighted by Crippen LogP contribution is 2.47. The molecule has 0 bridgehead atoms. The summed E-state index contributed by atoms with van der Waals surface area (Å²) in [4.78, 5) is 0. The Kier molecular flexibility index (Phi) is 7.19. The van der Waals surface area contributed by atoms with E-state index in [0.29, 0.717) is 0 Å². The Morgan fingerprint density at radius 3 is 1.33 bits per heavy atom. The van der Waals surface area contributed by atoms with E-state index in [4.69, 9.17) is 0 Å². The van der Waals surface area contributed by atoms with Crippen LogP contribution >= 0.6 is 0 Å². The number of hydrogen-bond acceptors (Lipinski definition) is 0. The molecule has 0 radical (unpaired) electrons. The van der Waals surface area contributed by atoms with Gasteiger partial charge in [0.05, 0.1) is 16.6 Å². The Labute approximate surface area is 419 Å². The molecule has 18 rings (SSSR count). The smallest absolute Gasteiger partial charge is 0.252 e. The maximum absolute atomic E-state index is 2.64. The van der Waals surface area contributed by atoms with Crippen molar-refractivity contribution in [3.8, 4) is 33.6 Å². The Hall–Kier alpha value is -9.44. The molecule has 0 spiro atoms. The van der Waals surface area contributed by atoms with Gasteiger partial charge in [-0.3, -0.25) is 0 Å². The van der Waals surface area contributed by atoms with Gasteiger partial charge in [-0.1, -0.05) is 188 Å². The molecule has 0 saturated carbocycles. The van der Waals surface area contributed by atoms with Crippen molar-refractivity contribution in [2.45, 2.75) is 0 Å². The standard InChI is InChI=1S/C70H39BN2/c1-3-17-44-40(15-1)35-55(50-23-8-5-19-46(44)50)42-31-33-62-57(37-42)54-27-13-28-60-69(54)72(62)64-29-14-30-65-68(64)71(60)61-39-58-52-25-10-7-21-48(52)49-22-11-12-26-53(49)66(58)67-59-38-43(32-34-63(59)73(65)70(61)67)56-36-41-16-2-4-18-45(41)47-20-6-9-24-51(47)56/h1-39H. The minimum absolute atomic E-state index is 0.00783. The first-order chi connectivity index (χ1) is 36.2. The molecule has 0 unspecified atom stereocenters. The average molecular weight is 919 g/mol.